The summed E-state index contributed by atoms with van der Waals surface area (Å²) in [5.74, 6) is 0. The van der Waals surface area contributed by atoms with Crippen molar-refractivity contribution in [3.63, 3.8) is 0 Å². The lowest BCUT2D eigenvalue weighted by Gasteiger charge is -2.35. The Labute approximate surface area is 429 Å². The Bertz CT molecular complexity index is 4380. The molecule has 2 heterocycles. The number of para-hydroxylation sites is 2. The number of furan rings is 1. The predicted octanol–water partition coefficient (Wildman–Crippen LogP) is 19.0. The van der Waals surface area contributed by atoms with E-state index in [0.717, 1.165) is 72.3 Å². The highest BCUT2D eigenvalue weighted by Gasteiger charge is 2.46. The molecule has 14 aromatic rings. The van der Waals surface area contributed by atoms with Gasteiger partial charge in [-0.25, -0.2) is 0 Å². The highest BCUT2D eigenvalue weighted by molar-refractivity contribution is 6.15. The average molecular weight is 943 g/mol. The third kappa shape index (κ3) is 6.40. The lowest BCUT2D eigenvalue weighted by Crippen LogP contribution is -2.28. The maximum Gasteiger partial charge on any atom is 0.143 e. The van der Waals surface area contributed by atoms with Gasteiger partial charge in [-0.15, -0.1) is 0 Å². The van der Waals surface area contributed by atoms with Crippen molar-refractivity contribution in [1.82, 2.24) is 4.57 Å². The van der Waals surface area contributed by atoms with E-state index in [1.165, 1.54) is 60.6 Å². The molecule has 12 aromatic carbocycles. The van der Waals surface area contributed by atoms with E-state index in [1.807, 2.05) is 0 Å². The summed E-state index contributed by atoms with van der Waals surface area (Å²) in [5.41, 5.74) is 20.2. The zero-order valence-electron chi connectivity index (χ0n) is 40.4. The van der Waals surface area contributed by atoms with Gasteiger partial charge < -0.3 is 13.9 Å². The molecule has 1 aliphatic carbocycles. The molecule has 1 aliphatic rings. The van der Waals surface area contributed by atoms with Gasteiger partial charge in [0, 0.05) is 49.7 Å². The second-order valence-electron chi connectivity index (χ2n) is 19.6. The zero-order chi connectivity index (χ0) is 48.7. The Morgan fingerprint density at radius 3 is 1.57 bits per heavy atom. The van der Waals surface area contributed by atoms with Crippen molar-refractivity contribution in [1.29, 1.82) is 0 Å². The van der Waals surface area contributed by atoms with E-state index in [9.17, 15) is 0 Å². The summed E-state index contributed by atoms with van der Waals surface area (Å²) >= 11 is 0. The van der Waals surface area contributed by atoms with Gasteiger partial charge in [0.1, 0.15) is 11.2 Å². The van der Waals surface area contributed by atoms with Crippen LogP contribution in [0.15, 0.2) is 283 Å². The van der Waals surface area contributed by atoms with Crippen LogP contribution in [0.1, 0.15) is 22.3 Å². The lowest BCUT2D eigenvalue weighted by atomic mass is 9.67. The molecule has 0 saturated heterocycles. The molecule has 74 heavy (non-hydrogen) atoms. The molecule has 0 aliphatic heterocycles. The second-order valence-corrected chi connectivity index (χ2v) is 19.6. The van der Waals surface area contributed by atoms with Gasteiger partial charge >= 0.3 is 0 Å². The van der Waals surface area contributed by atoms with Crippen molar-refractivity contribution in [2.45, 2.75) is 5.41 Å². The topological polar surface area (TPSA) is 21.3 Å². The lowest BCUT2D eigenvalue weighted by molar-refractivity contribution is 0.672. The summed E-state index contributed by atoms with van der Waals surface area (Å²) in [4.78, 5) is 2.42. The quantitative estimate of drug-likeness (QED) is 0.151. The number of anilines is 3. The minimum Gasteiger partial charge on any atom is -0.455 e. The zero-order valence-corrected chi connectivity index (χ0v) is 40.4. The van der Waals surface area contributed by atoms with Crippen LogP contribution in [-0.2, 0) is 5.41 Å². The van der Waals surface area contributed by atoms with Crippen molar-refractivity contribution in [2.75, 3.05) is 4.90 Å². The number of nitrogens with zero attached hydrogens (tertiary/aromatic N) is 2. The average Bonchev–Trinajstić information content (AvgIpc) is 4.16. The molecule has 3 nitrogen and oxygen atoms in total. The highest BCUT2D eigenvalue weighted by Crippen LogP contribution is 2.57. The molecule has 3 heteroatoms. The minimum absolute atomic E-state index is 0.534. The molecule has 0 radical (unpaired) electrons. The standard InChI is InChI=1S/C71H46N2O/c1-3-18-52(19-4-1)71(53-20-5-2-6-21-53)65-27-12-9-24-59(65)60-42-40-57(46-66(60)71)72(55-38-32-48(33-39-55)51-35-43-69-64(45-51)63-41-34-49-16-7-8-23-58(49)70(63)74-69)54-36-30-47(31-37-54)50-17-15-22-56(44-50)73-67-28-13-10-25-61(67)62-26-11-14-29-68(62)73/h1-46H. The van der Waals surface area contributed by atoms with E-state index in [1.54, 1.807) is 0 Å². The van der Waals surface area contributed by atoms with Crippen LogP contribution in [0.25, 0.3) is 93.6 Å². The Balaban J connectivity index is 0.872. The van der Waals surface area contributed by atoms with Crippen molar-refractivity contribution in [3.8, 4) is 39.1 Å². The van der Waals surface area contributed by atoms with Crippen molar-refractivity contribution < 1.29 is 4.42 Å². The van der Waals surface area contributed by atoms with Crippen LogP contribution in [0, 0.1) is 0 Å². The predicted molar refractivity (Wildman–Crippen MR) is 308 cm³/mol. The van der Waals surface area contributed by atoms with Gasteiger partial charge in [-0.3, -0.25) is 0 Å². The summed E-state index contributed by atoms with van der Waals surface area (Å²) in [7, 11) is 0. The Hall–Kier alpha value is -9.70. The second kappa shape index (κ2) is 16.7. The monoisotopic (exact) mass is 942 g/mol. The Morgan fingerprint density at radius 2 is 0.878 bits per heavy atom. The molecule has 2 aromatic heterocycles. The highest BCUT2D eigenvalue weighted by atomic mass is 16.3. The van der Waals surface area contributed by atoms with Gasteiger partial charge in [0.05, 0.1) is 16.4 Å². The molecule has 0 fully saturated rings. The minimum atomic E-state index is -0.534. The fraction of sp³-hybridized carbons (Fsp3) is 0.0141. The van der Waals surface area contributed by atoms with E-state index in [4.69, 9.17) is 4.42 Å². The van der Waals surface area contributed by atoms with E-state index in [-0.39, 0.29) is 0 Å². The van der Waals surface area contributed by atoms with Gasteiger partial charge in [0.15, 0.2) is 0 Å². The van der Waals surface area contributed by atoms with E-state index in [0.29, 0.717) is 0 Å². The van der Waals surface area contributed by atoms with Crippen LogP contribution in [0.2, 0.25) is 0 Å². The summed E-state index contributed by atoms with van der Waals surface area (Å²) in [5, 5.41) is 7.08. The van der Waals surface area contributed by atoms with Crippen LogP contribution in [0.3, 0.4) is 0 Å². The Kier molecular flexibility index (Phi) is 9.48. The summed E-state index contributed by atoms with van der Waals surface area (Å²) in [6, 6.07) is 102. The number of benzene rings is 12. The number of hydrogen-bond acceptors (Lipinski definition) is 2. The van der Waals surface area contributed by atoms with Crippen LogP contribution < -0.4 is 4.90 Å². The smallest absolute Gasteiger partial charge is 0.143 e. The van der Waals surface area contributed by atoms with E-state index >= 15 is 0 Å². The largest absolute Gasteiger partial charge is 0.455 e. The summed E-state index contributed by atoms with van der Waals surface area (Å²) < 4.78 is 8.90. The molecule has 0 spiro atoms. The molecule has 0 saturated carbocycles. The fourth-order valence-electron chi connectivity index (χ4n) is 12.3. The molecular weight excluding hydrogens is 897 g/mol. The first kappa shape index (κ1) is 42.0. The number of aromatic nitrogens is 1. The fourth-order valence-corrected chi connectivity index (χ4v) is 12.3. The SMILES string of the molecule is c1ccc(C2(c3ccccc3)c3ccccc3-c3ccc(N(c4ccc(-c5cccc(-n6c7ccccc7c7ccccc76)c5)cc4)c4ccc(-c5ccc6oc7c8ccccc8ccc7c6c5)cc4)cc32)cc1. The first-order valence-electron chi connectivity index (χ1n) is 25.5. The maximum atomic E-state index is 6.51. The van der Waals surface area contributed by atoms with Gasteiger partial charge in [-0.1, -0.05) is 200 Å². The molecule has 0 amide bonds. The van der Waals surface area contributed by atoms with E-state index in [2.05, 4.69) is 289 Å². The van der Waals surface area contributed by atoms with Crippen molar-refractivity contribution in [2.24, 2.45) is 0 Å². The normalized spacial score (nSPS) is 12.7. The van der Waals surface area contributed by atoms with Crippen LogP contribution >= 0.6 is 0 Å². The van der Waals surface area contributed by atoms with Gasteiger partial charge in [-0.05, 0) is 140 Å². The molecule has 0 unspecified atom stereocenters. The third-order valence-electron chi connectivity index (χ3n) is 15.7. The van der Waals surface area contributed by atoms with Crippen LogP contribution in [-0.4, -0.2) is 4.57 Å². The third-order valence-corrected chi connectivity index (χ3v) is 15.7. The molecule has 0 bridgehead atoms. The number of rotatable bonds is 8. The first-order chi connectivity index (χ1) is 36.7. The van der Waals surface area contributed by atoms with Crippen LogP contribution in [0.4, 0.5) is 17.1 Å². The van der Waals surface area contributed by atoms with Crippen molar-refractivity contribution >= 4 is 71.6 Å². The molecule has 0 atom stereocenters. The summed E-state index contributed by atoms with van der Waals surface area (Å²) in [6.45, 7) is 0. The Morgan fingerprint density at radius 1 is 0.324 bits per heavy atom. The van der Waals surface area contributed by atoms with Gasteiger partial charge in [0.2, 0.25) is 0 Å². The molecule has 0 N–H and O–H groups in total. The summed E-state index contributed by atoms with van der Waals surface area (Å²) in [6.07, 6.45) is 0. The molecule has 346 valence electrons. The van der Waals surface area contributed by atoms with Crippen LogP contribution in [0.5, 0.6) is 0 Å². The maximum absolute atomic E-state index is 6.51. The molecule has 15 rings (SSSR count). The van der Waals surface area contributed by atoms with Gasteiger partial charge in [-0.2, -0.15) is 0 Å². The van der Waals surface area contributed by atoms with E-state index < -0.39 is 5.41 Å². The van der Waals surface area contributed by atoms with Crippen molar-refractivity contribution in [3.05, 3.63) is 301 Å². The number of fused-ring (bicyclic) bond motifs is 11. The van der Waals surface area contributed by atoms with Gasteiger partial charge in [0.25, 0.3) is 0 Å². The molecular formula is C71H46N2O. The number of hydrogen-bond donors (Lipinski definition) is 0. The first-order valence-corrected chi connectivity index (χ1v) is 25.5.